The van der Waals surface area contributed by atoms with Crippen LogP contribution in [0.25, 0.3) is 11.1 Å². The number of hydrogen-bond donors (Lipinski definition) is 1. The number of benzene rings is 2. The predicted molar refractivity (Wildman–Crippen MR) is 104 cm³/mol. The summed E-state index contributed by atoms with van der Waals surface area (Å²) in [5, 5.41) is 3.16. The molecule has 0 spiro atoms. The number of hydrogen-bond acceptors (Lipinski definition) is 3. The molecule has 3 saturated heterocycles. The number of carbonyl (C=O) groups excluding carboxylic acids is 1. The molecule has 1 amide bonds. The van der Waals surface area contributed by atoms with Crippen molar-refractivity contribution in [1.82, 2.24) is 4.90 Å². The molecule has 2 bridgehead atoms. The first kappa shape index (κ1) is 17.1. The van der Waals surface area contributed by atoms with Gasteiger partial charge in [0.1, 0.15) is 5.75 Å². The summed E-state index contributed by atoms with van der Waals surface area (Å²) in [6.07, 6.45) is 3.12. The summed E-state index contributed by atoms with van der Waals surface area (Å²) in [5.74, 6) is 2.19. The number of rotatable bonds is 5. The molecule has 0 aliphatic carbocycles. The zero-order valence-corrected chi connectivity index (χ0v) is 15.3. The third-order valence-electron chi connectivity index (χ3n) is 5.84. The lowest BCUT2D eigenvalue weighted by Crippen LogP contribution is -2.48. The Balaban J connectivity index is 1.47. The van der Waals surface area contributed by atoms with E-state index in [0.717, 1.165) is 35.0 Å². The van der Waals surface area contributed by atoms with E-state index < -0.39 is 0 Å². The van der Waals surface area contributed by atoms with Crippen LogP contribution in [-0.4, -0.2) is 37.6 Å². The molecule has 1 atom stereocenters. The highest BCUT2D eigenvalue weighted by Gasteiger charge is 2.35. The third-order valence-corrected chi connectivity index (χ3v) is 5.84. The average molecular weight is 350 g/mol. The number of para-hydroxylation sites is 1. The summed E-state index contributed by atoms with van der Waals surface area (Å²) in [6, 6.07) is 15.9. The van der Waals surface area contributed by atoms with E-state index >= 15 is 0 Å². The molecule has 5 rings (SSSR count). The summed E-state index contributed by atoms with van der Waals surface area (Å²) in [7, 11) is 1.66. The molecule has 1 unspecified atom stereocenters. The highest BCUT2D eigenvalue weighted by molar-refractivity contribution is 5.95. The number of piperidine rings is 3. The topological polar surface area (TPSA) is 41.6 Å². The van der Waals surface area contributed by atoms with Gasteiger partial charge in [-0.15, -0.1) is 0 Å². The van der Waals surface area contributed by atoms with Crippen molar-refractivity contribution in [3.8, 4) is 16.9 Å². The van der Waals surface area contributed by atoms with Gasteiger partial charge in [-0.2, -0.15) is 0 Å². The molecule has 0 radical (unpaired) electrons. The zero-order chi connectivity index (χ0) is 17.9. The average Bonchev–Trinajstić information content (AvgIpc) is 2.69. The fraction of sp³-hybridized carbons (Fsp3) is 0.409. The second kappa shape index (κ2) is 7.50. The number of nitrogens with one attached hydrogen (secondary N) is 1. The highest BCUT2D eigenvalue weighted by Crippen LogP contribution is 2.35. The minimum atomic E-state index is 0.129. The number of ether oxygens (including phenoxy) is 1. The Morgan fingerprint density at radius 2 is 1.85 bits per heavy atom. The van der Waals surface area contributed by atoms with E-state index in [1.165, 1.54) is 25.9 Å². The van der Waals surface area contributed by atoms with Crippen molar-refractivity contribution >= 4 is 11.6 Å². The first-order chi connectivity index (χ1) is 12.7. The highest BCUT2D eigenvalue weighted by atomic mass is 16.5. The van der Waals surface area contributed by atoms with Crippen LogP contribution < -0.4 is 10.1 Å². The number of nitrogens with zero attached hydrogens (tertiary/aromatic N) is 1. The quantitative estimate of drug-likeness (QED) is 0.885. The lowest BCUT2D eigenvalue weighted by Gasteiger charge is -2.44. The van der Waals surface area contributed by atoms with Crippen LogP contribution in [0.3, 0.4) is 0 Å². The summed E-state index contributed by atoms with van der Waals surface area (Å²) in [6.45, 7) is 3.50. The van der Waals surface area contributed by atoms with Gasteiger partial charge in [0.05, 0.1) is 7.11 Å². The molecule has 26 heavy (non-hydrogen) atoms. The summed E-state index contributed by atoms with van der Waals surface area (Å²) in [5.41, 5.74) is 2.99. The van der Waals surface area contributed by atoms with E-state index in [9.17, 15) is 4.79 Å². The maximum absolute atomic E-state index is 12.7. The molecular formula is C22H26N2O2. The van der Waals surface area contributed by atoms with E-state index in [4.69, 9.17) is 4.74 Å². The minimum absolute atomic E-state index is 0.129. The molecule has 3 fully saturated rings. The Morgan fingerprint density at radius 3 is 2.50 bits per heavy atom. The summed E-state index contributed by atoms with van der Waals surface area (Å²) >= 11 is 0. The van der Waals surface area contributed by atoms with Gasteiger partial charge in [-0.05, 0) is 61.5 Å². The van der Waals surface area contributed by atoms with E-state index in [0.29, 0.717) is 12.3 Å². The first-order valence-electron chi connectivity index (χ1n) is 9.48. The van der Waals surface area contributed by atoms with Crippen molar-refractivity contribution in [3.63, 3.8) is 0 Å². The molecule has 0 aromatic heterocycles. The molecular weight excluding hydrogens is 324 g/mol. The van der Waals surface area contributed by atoms with Gasteiger partial charge in [0.15, 0.2) is 0 Å². The summed E-state index contributed by atoms with van der Waals surface area (Å²) in [4.78, 5) is 15.2. The molecule has 3 aliphatic rings. The van der Waals surface area contributed by atoms with E-state index in [1.807, 2.05) is 48.5 Å². The molecule has 3 heterocycles. The largest absolute Gasteiger partial charge is 0.497 e. The van der Waals surface area contributed by atoms with Crippen LogP contribution in [-0.2, 0) is 4.79 Å². The predicted octanol–water partition coefficient (Wildman–Crippen LogP) is 4.03. The van der Waals surface area contributed by atoms with Crippen molar-refractivity contribution < 1.29 is 9.53 Å². The van der Waals surface area contributed by atoms with E-state index in [2.05, 4.69) is 10.2 Å². The molecule has 1 N–H and O–H groups in total. The van der Waals surface area contributed by atoms with Gasteiger partial charge in [0.25, 0.3) is 0 Å². The fourth-order valence-electron chi connectivity index (χ4n) is 4.37. The summed E-state index contributed by atoms with van der Waals surface area (Å²) < 4.78 is 5.23. The zero-order valence-electron chi connectivity index (χ0n) is 15.3. The number of amides is 1. The molecule has 2 aromatic rings. The van der Waals surface area contributed by atoms with Crippen LogP contribution in [0.2, 0.25) is 0 Å². The van der Waals surface area contributed by atoms with Gasteiger partial charge < -0.3 is 15.0 Å². The van der Waals surface area contributed by atoms with Crippen LogP contribution in [0.15, 0.2) is 48.5 Å². The Kier molecular flexibility index (Phi) is 4.93. The van der Waals surface area contributed by atoms with Crippen LogP contribution in [0.1, 0.15) is 19.3 Å². The van der Waals surface area contributed by atoms with Crippen LogP contribution >= 0.6 is 0 Å². The van der Waals surface area contributed by atoms with Crippen molar-refractivity contribution in [3.05, 3.63) is 48.5 Å². The lowest BCUT2D eigenvalue weighted by molar-refractivity contribution is -0.118. The maximum Gasteiger partial charge on any atom is 0.224 e. The molecule has 2 aromatic carbocycles. The Labute approximate surface area is 155 Å². The van der Waals surface area contributed by atoms with Gasteiger partial charge >= 0.3 is 0 Å². The molecule has 4 heteroatoms. The second-order valence-electron chi connectivity index (χ2n) is 7.42. The van der Waals surface area contributed by atoms with Gasteiger partial charge in [-0.25, -0.2) is 0 Å². The van der Waals surface area contributed by atoms with Crippen molar-refractivity contribution in [2.24, 2.45) is 11.8 Å². The van der Waals surface area contributed by atoms with E-state index in [1.54, 1.807) is 7.11 Å². The number of fused-ring (bicyclic) bond motifs is 3. The van der Waals surface area contributed by atoms with Crippen molar-refractivity contribution in [1.29, 1.82) is 0 Å². The van der Waals surface area contributed by atoms with Crippen LogP contribution in [0, 0.1) is 11.8 Å². The number of carbonyl (C=O) groups is 1. The second-order valence-corrected chi connectivity index (χ2v) is 7.42. The van der Waals surface area contributed by atoms with Crippen LogP contribution in [0.4, 0.5) is 5.69 Å². The molecule has 3 aliphatic heterocycles. The van der Waals surface area contributed by atoms with Crippen LogP contribution in [0.5, 0.6) is 5.75 Å². The molecule has 0 saturated carbocycles. The van der Waals surface area contributed by atoms with Gasteiger partial charge in [-0.3, -0.25) is 4.79 Å². The van der Waals surface area contributed by atoms with E-state index in [-0.39, 0.29) is 5.91 Å². The third kappa shape index (κ3) is 3.61. The monoisotopic (exact) mass is 350 g/mol. The number of methoxy groups -OCH3 is 1. The lowest BCUT2D eigenvalue weighted by atomic mass is 9.77. The van der Waals surface area contributed by atoms with Crippen molar-refractivity contribution in [2.75, 3.05) is 32.1 Å². The SMILES string of the molecule is COc1ccc(-c2ccccc2NC(=O)CC2CN3CCC2CC3)cc1. The fourth-order valence-corrected chi connectivity index (χ4v) is 4.37. The Hall–Kier alpha value is -2.33. The number of anilines is 1. The standard InChI is InChI=1S/C22H26N2O2/c1-26-19-8-6-17(7-9-19)20-4-2-3-5-21(20)23-22(25)14-18-15-24-12-10-16(18)11-13-24/h2-9,16,18H,10-15H2,1H3,(H,23,25). The Morgan fingerprint density at radius 1 is 1.12 bits per heavy atom. The normalized spacial score (nSPS) is 24.3. The molecule has 136 valence electrons. The Bertz CT molecular complexity index is 764. The van der Waals surface area contributed by atoms with Gasteiger partial charge in [0, 0.05) is 24.2 Å². The molecule has 4 nitrogen and oxygen atoms in total. The van der Waals surface area contributed by atoms with Gasteiger partial charge in [-0.1, -0.05) is 30.3 Å². The smallest absolute Gasteiger partial charge is 0.224 e. The maximum atomic E-state index is 12.7. The van der Waals surface area contributed by atoms with Gasteiger partial charge in [0.2, 0.25) is 5.91 Å². The minimum Gasteiger partial charge on any atom is -0.497 e. The van der Waals surface area contributed by atoms with Crippen molar-refractivity contribution in [2.45, 2.75) is 19.3 Å². The first-order valence-corrected chi connectivity index (χ1v) is 9.48.